The first-order chi connectivity index (χ1) is 16.4. The van der Waals surface area contributed by atoms with Crippen molar-refractivity contribution in [2.75, 3.05) is 39.0 Å². The normalized spacial score (nSPS) is 21.3. The van der Waals surface area contributed by atoms with Gasteiger partial charge in [-0.25, -0.2) is 0 Å². The maximum absolute atomic E-state index is 13.5. The van der Waals surface area contributed by atoms with E-state index in [1.807, 2.05) is 42.5 Å². The summed E-state index contributed by atoms with van der Waals surface area (Å²) in [6, 6.07) is 16.4. The first-order valence-corrected chi connectivity index (χ1v) is 13.1. The maximum atomic E-state index is 13.5. The number of para-hydroxylation sites is 1. The molecule has 6 nitrogen and oxygen atoms in total. The highest BCUT2D eigenvalue weighted by Gasteiger charge is 2.44. The molecular formula is C27H37N5OS. The van der Waals surface area contributed by atoms with Crippen molar-refractivity contribution in [2.24, 2.45) is 5.73 Å². The summed E-state index contributed by atoms with van der Waals surface area (Å²) in [7, 11) is 4.36. The van der Waals surface area contributed by atoms with Crippen molar-refractivity contribution in [1.29, 1.82) is 5.41 Å². The summed E-state index contributed by atoms with van der Waals surface area (Å²) in [5.41, 5.74) is 8.19. The molecule has 0 bridgehead atoms. The van der Waals surface area contributed by atoms with Crippen LogP contribution in [0.2, 0.25) is 0 Å². The Labute approximate surface area is 207 Å². The molecule has 2 aromatic rings. The molecule has 1 saturated heterocycles. The molecule has 4 N–H and O–H groups in total. The number of likely N-dealkylation sites (tertiary alicyclic amines) is 1. The van der Waals surface area contributed by atoms with Crippen LogP contribution in [0.4, 0.5) is 5.69 Å². The number of benzene rings is 2. The highest BCUT2D eigenvalue weighted by Crippen LogP contribution is 2.51. The topological polar surface area (TPSA) is 85.4 Å². The summed E-state index contributed by atoms with van der Waals surface area (Å²) < 4.78 is -0.673. The summed E-state index contributed by atoms with van der Waals surface area (Å²) in [4.78, 5) is 19.5. The van der Waals surface area contributed by atoms with Crippen molar-refractivity contribution in [3.63, 3.8) is 0 Å². The van der Waals surface area contributed by atoms with Gasteiger partial charge in [-0.2, -0.15) is 0 Å². The van der Waals surface area contributed by atoms with Gasteiger partial charge in [-0.05, 0) is 77.1 Å². The Kier molecular flexibility index (Phi) is 7.96. The minimum atomic E-state index is -0.673. The zero-order valence-corrected chi connectivity index (χ0v) is 21.2. The van der Waals surface area contributed by atoms with E-state index in [0.29, 0.717) is 5.56 Å². The number of nitrogen functional groups attached to an aromatic ring is 1. The summed E-state index contributed by atoms with van der Waals surface area (Å²) >= 11 is 1.66. The number of hydrogen-bond acceptors (Lipinski definition) is 5. The third-order valence-corrected chi connectivity index (χ3v) is 8.79. The molecule has 1 unspecified atom stereocenters. The van der Waals surface area contributed by atoms with E-state index in [-0.39, 0.29) is 11.7 Å². The standard InChI is InChI=1S/C27H37N5OS/c1-31(2)22-14-18-32(19-15-22)17-7-3-6-16-27(21-12-10-20(11-13-21)25(28)29)26(33)30-23-8-4-5-9-24(23)34-27/h4-5,8-13,22H,3,6-7,14-19H2,1-2H3,(H3,28,29)(H,30,33). The van der Waals surface area contributed by atoms with Gasteiger partial charge in [-0.3, -0.25) is 10.2 Å². The molecule has 2 heterocycles. The van der Waals surface area contributed by atoms with Crippen LogP contribution in [0.25, 0.3) is 0 Å². The number of nitrogens with two attached hydrogens (primary N) is 1. The largest absolute Gasteiger partial charge is 0.384 e. The van der Waals surface area contributed by atoms with Crippen LogP contribution in [0, 0.1) is 5.41 Å². The van der Waals surface area contributed by atoms with Gasteiger partial charge in [-0.1, -0.05) is 49.2 Å². The highest BCUT2D eigenvalue weighted by atomic mass is 32.2. The van der Waals surface area contributed by atoms with Gasteiger partial charge in [0.25, 0.3) is 0 Å². The van der Waals surface area contributed by atoms with E-state index in [4.69, 9.17) is 11.1 Å². The molecule has 0 aliphatic carbocycles. The molecular weight excluding hydrogens is 442 g/mol. The van der Waals surface area contributed by atoms with Gasteiger partial charge >= 0.3 is 0 Å². The maximum Gasteiger partial charge on any atom is 0.245 e. The Balaban J connectivity index is 1.41. The van der Waals surface area contributed by atoms with Crippen LogP contribution >= 0.6 is 11.8 Å². The number of fused-ring (bicyclic) bond motifs is 1. The number of nitrogens with one attached hydrogen (secondary N) is 2. The fourth-order valence-electron chi connectivity index (χ4n) is 5.08. The number of carbonyl (C=O) groups excluding carboxylic acids is 1. The number of rotatable bonds is 9. The molecule has 7 heteroatoms. The molecule has 2 aliphatic rings. The van der Waals surface area contributed by atoms with Crippen LogP contribution in [0.5, 0.6) is 0 Å². The number of thioether (sulfide) groups is 1. The van der Waals surface area contributed by atoms with Crippen LogP contribution in [-0.4, -0.2) is 61.3 Å². The summed E-state index contributed by atoms with van der Waals surface area (Å²) in [6.07, 6.45) is 6.54. The fourth-order valence-corrected chi connectivity index (χ4v) is 6.47. The highest BCUT2D eigenvalue weighted by molar-refractivity contribution is 8.01. The van der Waals surface area contributed by atoms with Crippen molar-refractivity contribution < 1.29 is 4.79 Å². The Hall–Kier alpha value is -2.35. The van der Waals surface area contributed by atoms with E-state index in [0.717, 1.165) is 54.4 Å². The van der Waals surface area contributed by atoms with Gasteiger partial charge in [0, 0.05) is 16.5 Å². The Morgan fingerprint density at radius 1 is 1.12 bits per heavy atom. The lowest BCUT2D eigenvalue weighted by Gasteiger charge is -2.37. The predicted molar refractivity (Wildman–Crippen MR) is 142 cm³/mol. The number of nitrogens with zero attached hydrogens (tertiary/aromatic N) is 2. The number of anilines is 1. The van der Waals surface area contributed by atoms with Gasteiger partial charge in [-0.15, -0.1) is 11.8 Å². The predicted octanol–water partition coefficient (Wildman–Crippen LogP) is 4.50. The molecule has 0 spiro atoms. The minimum absolute atomic E-state index is 0.0394. The first kappa shape index (κ1) is 24.8. The molecule has 4 rings (SSSR count). The minimum Gasteiger partial charge on any atom is -0.384 e. The molecule has 0 saturated carbocycles. The van der Waals surface area contributed by atoms with E-state index >= 15 is 0 Å². The summed E-state index contributed by atoms with van der Waals surface area (Å²) in [6.45, 7) is 3.51. The first-order valence-electron chi connectivity index (χ1n) is 12.3. The Morgan fingerprint density at radius 2 is 1.82 bits per heavy atom. The van der Waals surface area contributed by atoms with E-state index in [2.05, 4.69) is 35.3 Å². The van der Waals surface area contributed by atoms with Crippen LogP contribution in [-0.2, 0) is 9.54 Å². The van der Waals surface area contributed by atoms with E-state index < -0.39 is 4.75 Å². The van der Waals surface area contributed by atoms with Crippen LogP contribution in [0.1, 0.15) is 49.7 Å². The van der Waals surface area contributed by atoms with Crippen LogP contribution < -0.4 is 11.1 Å². The van der Waals surface area contributed by atoms with Gasteiger partial charge in [0.15, 0.2) is 0 Å². The number of amidine groups is 1. The lowest BCUT2D eigenvalue weighted by atomic mass is 9.90. The molecule has 34 heavy (non-hydrogen) atoms. The molecule has 0 radical (unpaired) electrons. The van der Waals surface area contributed by atoms with Crippen LogP contribution in [0.3, 0.4) is 0 Å². The zero-order valence-electron chi connectivity index (χ0n) is 20.3. The monoisotopic (exact) mass is 479 g/mol. The molecule has 182 valence electrons. The summed E-state index contributed by atoms with van der Waals surface area (Å²) in [5.74, 6) is 0.0823. The lowest BCUT2D eigenvalue weighted by molar-refractivity contribution is -0.119. The molecule has 0 aromatic heterocycles. The SMILES string of the molecule is CN(C)C1CCN(CCCCCC2(c3ccc(C(=N)N)cc3)Sc3ccccc3NC2=O)CC1. The zero-order chi connectivity index (χ0) is 24.1. The molecule has 1 amide bonds. The molecule has 2 aliphatic heterocycles. The third-order valence-electron chi connectivity index (χ3n) is 7.24. The Morgan fingerprint density at radius 3 is 2.50 bits per heavy atom. The molecule has 2 aromatic carbocycles. The number of piperidine rings is 1. The van der Waals surface area contributed by atoms with Gasteiger partial charge < -0.3 is 20.9 Å². The summed E-state index contributed by atoms with van der Waals surface area (Å²) in [5, 5.41) is 10.8. The number of carbonyl (C=O) groups is 1. The second kappa shape index (κ2) is 10.9. The quantitative estimate of drug-likeness (QED) is 0.280. The van der Waals surface area contributed by atoms with E-state index in [9.17, 15) is 4.79 Å². The average molecular weight is 480 g/mol. The second-order valence-electron chi connectivity index (χ2n) is 9.72. The van der Waals surface area contributed by atoms with Crippen molar-refractivity contribution in [3.8, 4) is 0 Å². The van der Waals surface area contributed by atoms with E-state index in [1.165, 1.54) is 25.9 Å². The van der Waals surface area contributed by atoms with Gasteiger partial charge in [0.1, 0.15) is 10.6 Å². The Bertz CT molecular complexity index is 1000. The van der Waals surface area contributed by atoms with E-state index in [1.54, 1.807) is 11.8 Å². The number of amides is 1. The lowest BCUT2D eigenvalue weighted by Crippen LogP contribution is -2.42. The fraction of sp³-hybridized carbons (Fsp3) is 0.481. The van der Waals surface area contributed by atoms with Gasteiger partial charge in [0.05, 0.1) is 5.69 Å². The van der Waals surface area contributed by atoms with Crippen molar-refractivity contribution >= 4 is 29.2 Å². The van der Waals surface area contributed by atoms with Crippen molar-refractivity contribution in [3.05, 3.63) is 59.7 Å². The van der Waals surface area contributed by atoms with Crippen molar-refractivity contribution in [2.45, 2.75) is 54.2 Å². The molecule has 1 fully saturated rings. The number of unbranched alkanes of at least 4 members (excludes halogenated alkanes) is 2. The van der Waals surface area contributed by atoms with Gasteiger partial charge in [0.2, 0.25) is 5.91 Å². The smallest absolute Gasteiger partial charge is 0.245 e. The number of hydrogen-bond donors (Lipinski definition) is 3. The second-order valence-corrected chi connectivity index (χ2v) is 11.1. The average Bonchev–Trinajstić information content (AvgIpc) is 2.84. The third kappa shape index (κ3) is 5.48. The van der Waals surface area contributed by atoms with Crippen LogP contribution in [0.15, 0.2) is 53.4 Å². The molecule has 1 atom stereocenters. The van der Waals surface area contributed by atoms with Crippen molar-refractivity contribution in [1.82, 2.24) is 9.80 Å².